The van der Waals surface area contributed by atoms with Crippen LogP contribution in [0.4, 0.5) is 0 Å². The van der Waals surface area contributed by atoms with Gasteiger partial charge in [-0.05, 0) is 18.9 Å². The second-order valence-corrected chi connectivity index (χ2v) is 1.93. The molecule has 0 radical (unpaired) electrons. The van der Waals surface area contributed by atoms with Crippen molar-refractivity contribution in [3.05, 3.63) is 23.8 Å². The second kappa shape index (κ2) is 3.91. The van der Waals surface area contributed by atoms with Crippen LogP contribution >= 0.6 is 0 Å². The number of allylic oxidation sites excluding steroid dienone is 3. The molecule has 0 aliphatic carbocycles. The molecule has 0 heterocycles. The third-order valence-electron chi connectivity index (χ3n) is 1.17. The van der Waals surface area contributed by atoms with Gasteiger partial charge in [-0.1, -0.05) is 19.1 Å². The van der Waals surface area contributed by atoms with E-state index < -0.39 is 0 Å². The molecule has 9 heavy (non-hydrogen) atoms. The zero-order valence-electron chi connectivity index (χ0n) is 5.94. The van der Waals surface area contributed by atoms with Gasteiger partial charge in [0.15, 0.2) is 0 Å². The van der Waals surface area contributed by atoms with Crippen molar-refractivity contribution >= 4 is 0 Å². The van der Waals surface area contributed by atoms with Crippen molar-refractivity contribution in [2.24, 2.45) is 0 Å². The summed E-state index contributed by atoms with van der Waals surface area (Å²) in [6.07, 6.45) is 2.44. The average Bonchev–Trinajstić information content (AvgIpc) is 1.82. The summed E-state index contributed by atoms with van der Waals surface area (Å²) >= 11 is 0. The van der Waals surface area contributed by atoms with Gasteiger partial charge < -0.3 is 0 Å². The molecule has 0 fully saturated rings. The Morgan fingerprint density at radius 1 is 1.78 bits per heavy atom. The Kier molecular flexibility index (Phi) is 3.46. The maximum absolute atomic E-state index is 8.25. The Morgan fingerprint density at radius 2 is 2.33 bits per heavy atom. The fourth-order valence-corrected chi connectivity index (χ4v) is 0.605. The van der Waals surface area contributed by atoms with E-state index in [2.05, 4.69) is 6.58 Å². The summed E-state index contributed by atoms with van der Waals surface area (Å²) in [4.78, 5) is 0. The van der Waals surface area contributed by atoms with Crippen LogP contribution in [0.2, 0.25) is 0 Å². The van der Waals surface area contributed by atoms with Gasteiger partial charge in [-0.25, -0.2) is 0 Å². The average molecular weight is 121 g/mol. The van der Waals surface area contributed by atoms with Crippen LogP contribution in [0.15, 0.2) is 23.8 Å². The maximum atomic E-state index is 8.25. The number of hydrogen-bond donors (Lipinski definition) is 0. The molecule has 0 spiro atoms. The van der Waals surface area contributed by atoms with Gasteiger partial charge in [0, 0.05) is 6.08 Å². The molecule has 0 unspecified atom stereocenters. The zero-order chi connectivity index (χ0) is 7.28. The number of hydrogen-bond acceptors (Lipinski definition) is 1. The normalized spacial score (nSPS) is 10.6. The predicted octanol–water partition coefficient (Wildman–Crippen LogP) is 2.42. The highest BCUT2D eigenvalue weighted by Crippen LogP contribution is 2.09. The van der Waals surface area contributed by atoms with Gasteiger partial charge in [-0.3, -0.25) is 0 Å². The summed E-state index contributed by atoms with van der Waals surface area (Å²) in [6.45, 7) is 7.65. The minimum absolute atomic E-state index is 0.892. The Morgan fingerprint density at radius 3 is 2.44 bits per heavy atom. The van der Waals surface area contributed by atoms with Crippen LogP contribution in [0.1, 0.15) is 20.3 Å². The van der Waals surface area contributed by atoms with Gasteiger partial charge in [0.05, 0.1) is 6.07 Å². The molecular weight excluding hydrogens is 110 g/mol. The molecule has 0 saturated carbocycles. The van der Waals surface area contributed by atoms with Crippen molar-refractivity contribution in [3.63, 3.8) is 0 Å². The van der Waals surface area contributed by atoms with Crippen LogP contribution in [0.3, 0.4) is 0 Å². The fraction of sp³-hybridized carbons (Fsp3) is 0.375. The van der Waals surface area contributed by atoms with Crippen LogP contribution in [0, 0.1) is 11.3 Å². The van der Waals surface area contributed by atoms with Crippen molar-refractivity contribution in [1.82, 2.24) is 0 Å². The van der Waals surface area contributed by atoms with Gasteiger partial charge >= 0.3 is 0 Å². The van der Waals surface area contributed by atoms with Crippen LogP contribution in [-0.4, -0.2) is 0 Å². The van der Waals surface area contributed by atoms with Crippen molar-refractivity contribution in [2.75, 3.05) is 0 Å². The highest BCUT2D eigenvalue weighted by Gasteiger charge is 1.90. The van der Waals surface area contributed by atoms with E-state index in [1.54, 1.807) is 6.08 Å². The highest BCUT2D eigenvalue weighted by molar-refractivity contribution is 5.30. The molecule has 0 rings (SSSR count). The van der Waals surface area contributed by atoms with Crippen molar-refractivity contribution in [3.8, 4) is 6.07 Å². The van der Waals surface area contributed by atoms with E-state index in [1.165, 1.54) is 0 Å². The van der Waals surface area contributed by atoms with Crippen LogP contribution < -0.4 is 0 Å². The first-order valence-electron chi connectivity index (χ1n) is 2.97. The van der Waals surface area contributed by atoms with E-state index in [4.69, 9.17) is 5.26 Å². The molecule has 1 nitrogen and oxygen atoms in total. The lowest BCUT2D eigenvalue weighted by Gasteiger charge is -1.97. The summed E-state index contributed by atoms with van der Waals surface area (Å²) in [5.41, 5.74) is 2.02. The summed E-state index contributed by atoms with van der Waals surface area (Å²) in [6, 6.07) is 1.98. The van der Waals surface area contributed by atoms with Gasteiger partial charge in [0.1, 0.15) is 0 Å². The molecule has 0 aliphatic rings. The summed E-state index contributed by atoms with van der Waals surface area (Å²) in [5.74, 6) is 0. The first kappa shape index (κ1) is 7.97. The van der Waals surface area contributed by atoms with Gasteiger partial charge in [0.25, 0.3) is 0 Å². The van der Waals surface area contributed by atoms with Crippen LogP contribution in [0.5, 0.6) is 0 Å². The van der Waals surface area contributed by atoms with E-state index in [0.29, 0.717) is 0 Å². The maximum Gasteiger partial charge on any atom is 0.0915 e. The third-order valence-corrected chi connectivity index (χ3v) is 1.17. The van der Waals surface area contributed by atoms with Gasteiger partial charge in [-0.15, -0.1) is 0 Å². The van der Waals surface area contributed by atoms with Gasteiger partial charge in [-0.2, -0.15) is 5.26 Å². The number of rotatable bonds is 2. The predicted molar refractivity (Wildman–Crippen MR) is 38.8 cm³/mol. The van der Waals surface area contributed by atoms with Crippen LogP contribution in [-0.2, 0) is 0 Å². The summed E-state index contributed by atoms with van der Waals surface area (Å²) in [7, 11) is 0. The zero-order valence-corrected chi connectivity index (χ0v) is 5.94. The molecule has 0 atom stereocenters. The topological polar surface area (TPSA) is 23.8 Å². The van der Waals surface area contributed by atoms with Crippen LogP contribution in [0.25, 0.3) is 0 Å². The molecule has 1 heteroatoms. The third kappa shape index (κ3) is 2.71. The summed E-state index contributed by atoms with van der Waals surface area (Å²) < 4.78 is 0. The Balaban J connectivity index is 4.20. The van der Waals surface area contributed by atoms with Crippen molar-refractivity contribution < 1.29 is 0 Å². The van der Waals surface area contributed by atoms with Crippen molar-refractivity contribution in [1.29, 1.82) is 5.26 Å². The molecule has 0 aromatic carbocycles. The minimum atomic E-state index is 0.892. The molecule has 0 bridgehead atoms. The first-order valence-corrected chi connectivity index (χ1v) is 2.97. The van der Waals surface area contributed by atoms with E-state index >= 15 is 0 Å². The fourth-order valence-electron chi connectivity index (χ4n) is 0.605. The largest absolute Gasteiger partial charge is 0.193 e. The molecule has 0 amide bonds. The smallest absolute Gasteiger partial charge is 0.0915 e. The molecular formula is C8H11N. The monoisotopic (exact) mass is 121 g/mol. The highest BCUT2D eigenvalue weighted by atomic mass is 14.2. The molecule has 0 aliphatic heterocycles. The Labute approximate surface area is 56.3 Å². The molecule has 0 saturated heterocycles. The lowest BCUT2D eigenvalue weighted by atomic mass is 10.1. The Hall–Kier alpha value is -1.03. The van der Waals surface area contributed by atoms with E-state index in [0.717, 1.165) is 17.6 Å². The quantitative estimate of drug-likeness (QED) is 0.406. The van der Waals surface area contributed by atoms with Gasteiger partial charge in [0.2, 0.25) is 0 Å². The minimum Gasteiger partial charge on any atom is -0.193 e. The molecule has 0 N–H and O–H groups in total. The SMILES string of the molecule is C=C(C)/C(=C/C#N)CC. The lowest BCUT2D eigenvalue weighted by Crippen LogP contribution is -1.79. The van der Waals surface area contributed by atoms with Crippen molar-refractivity contribution in [2.45, 2.75) is 20.3 Å². The second-order valence-electron chi connectivity index (χ2n) is 1.93. The molecule has 48 valence electrons. The Bertz CT molecular complexity index is 169. The molecule has 0 aromatic rings. The standard InChI is InChI=1S/C8H11N/c1-4-8(5-6-9)7(2)3/h5H,2,4H2,1,3H3/b8-5+. The van der Waals surface area contributed by atoms with E-state index in [-0.39, 0.29) is 0 Å². The lowest BCUT2D eigenvalue weighted by molar-refractivity contribution is 1.11. The first-order chi connectivity index (χ1) is 4.22. The van der Waals surface area contributed by atoms with E-state index in [1.807, 2.05) is 19.9 Å². The number of nitrogens with zero attached hydrogens (tertiary/aromatic N) is 1. The molecule has 0 aromatic heterocycles. The summed E-state index contributed by atoms with van der Waals surface area (Å²) in [5, 5.41) is 8.25. The van der Waals surface area contributed by atoms with E-state index in [9.17, 15) is 0 Å². The number of nitriles is 1.